The zero-order chi connectivity index (χ0) is 21.4. The van der Waals surface area contributed by atoms with E-state index in [0.717, 1.165) is 30.7 Å². The predicted octanol–water partition coefficient (Wildman–Crippen LogP) is -2.12. The Morgan fingerprint density at radius 3 is 2.30 bits per heavy atom. The van der Waals surface area contributed by atoms with Crippen molar-refractivity contribution in [1.29, 1.82) is 0 Å². The molecule has 4 rings (SSSR count). The lowest BCUT2D eigenvalue weighted by molar-refractivity contribution is 0.0715. The van der Waals surface area contributed by atoms with Gasteiger partial charge >= 0.3 is 5.69 Å². The minimum absolute atomic E-state index is 0.239. The predicted molar refractivity (Wildman–Crippen MR) is 113 cm³/mol. The number of piperazine rings is 1. The lowest BCUT2D eigenvalue weighted by Gasteiger charge is -2.34. The summed E-state index contributed by atoms with van der Waals surface area (Å²) < 4.78 is 9.72. The van der Waals surface area contributed by atoms with Crippen LogP contribution in [0.2, 0.25) is 0 Å². The number of β-amino-alcohol motifs (C(OH)–C–C–N with tert-alkyl or cyclic N) is 1. The number of imidazole rings is 1. The third-order valence-electron chi connectivity index (χ3n) is 6.08. The first-order chi connectivity index (χ1) is 14.4. The fourth-order valence-electron chi connectivity index (χ4n) is 4.21. The number of nitrogens with zero attached hydrogens (tertiary/aromatic N) is 7. The van der Waals surface area contributed by atoms with Crippen molar-refractivity contribution in [1.82, 2.24) is 28.5 Å². The van der Waals surface area contributed by atoms with E-state index >= 15 is 0 Å². The quantitative estimate of drug-likeness (QED) is 0.585. The van der Waals surface area contributed by atoms with Crippen LogP contribution >= 0.6 is 0 Å². The molecule has 0 aromatic carbocycles. The van der Waals surface area contributed by atoms with Crippen LogP contribution in [0.15, 0.2) is 9.59 Å². The Morgan fingerprint density at radius 2 is 1.63 bits per heavy atom. The van der Waals surface area contributed by atoms with Crippen LogP contribution in [-0.2, 0) is 25.4 Å². The van der Waals surface area contributed by atoms with Crippen molar-refractivity contribution >= 4 is 17.1 Å². The number of aliphatic hydroxyl groups is 1. The molecule has 11 heteroatoms. The highest BCUT2D eigenvalue weighted by molar-refractivity contribution is 5.74. The monoisotopic (exact) mass is 421 g/mol. The van der Waals surface area contributed by atoms with Crippen molar-refractivity contribution in [2.24, 2.45) is 14.1 Å². The molecular weight excluding hydrogens is 390 g/mol. The molecule has 11 nitrogen and oxygen atoms in total. The number of anilines is 1. The molecule has 2 fully saturated rings. The lowest BCUT2D eigenvalue weighted by atomic mass is 10.2. The Bertz CT molecular complexity index is 1010. The van der Waals surface area contributed by atoms with Gasteiger partial charge in [-0.05, 0) is 7.05 Å². The summed E-state index contributed by atoms with van der Waals surface area (Å²) in [6.45, 7) is 6.97. The molecule has 0 radical (unpaired) electrons. The average Bonchev–Trinajstić information content (AvgIpc) is 3.12. The molecule has 4 heterocycles. The summed E-state index contributed by atoms with van der Waals surface area (Å²) in [5.74, 6) is 0.601. The van der Waals surface area contributed by atoms with Gasteiger partial charge in [-0.1, -0.05) is 0 Å². The van der Waals surface area contributed by atoms with Crippen LogP contribution in [0.25, 0.3) is 11.2 Å². The summed E-state index contributed by atoms with van der Waals surface area (Å²) in [7, 11) is 5.18. The zero-order valence-corrected chi connectivity index (χ0v) is 18.0. The maximum absolute atomic E-state index is 13.0. The number of hydrogen-bond acceptors (Lipinski definition) is 8. The van der Waals surface area contributed by atoms with E-state index in [2.05, 4.69) is 26.7 Å². The van der Waals surface area contributed by atoms with E-state index in [-0.39, 0.29) is 6.54 Å². The first kappa shape index (κ1) is 21.0. The number of hydrogen-bond donors (Lipinski definition) is 1. The summed E-state index contributed by atoms with van der Waals surface area (Å²) in [6.07, 6.45) is -0.660. The molecule has 0 spiro atoms. The molecule has 30 heavy (non-hydrogen) atoms. The summed E-state index contributed by atoms with van der Waals surface area (Å²) in [5, 5.41) is 10.9. The van der Waals surface area contributed by atoms with Gasteiger partial charge in [0.25, 0.3) is 5.56 Å². The van der Waals surface area contributed by atoms with Gasteiger partial charge in [0.1, 0.15) is 0 Å². The van der Waals surface area contributed by atoms with Gasteiger partial charge < -0.3 is 24.2 Å². The fourth-order valence-corrected chi connectivity index (χ4v) is 4.21. The van der Waals surface area contributed by atoms with Crippen LogP contribution in [0.4, 0.5) is 5.95 Å². The summed E-state index contributed by atoms with van der Waals surface area (Å²) in [6, 6.07) is 0. The van der Waals surface area contributed by atoms with E-state index in [1.54, 1.807) is 11.6 Å². The van der Waals surface area contributed by atoms with Crippen LogP contribution in [-0.4, -0.2) is 106 Å². The second-order valence-electron chi connectivity index (χ2n) is 8.26. The van der Waals surface area contributed by atoms with Crippen molar-refractivity contribution in [2.45, 2.75) is 12.6 Å². The Hall–Kier alpha value is -2.21. The molecule has 0 amide bonds. The van der Waals surface area contributed by atoms with Gasteiger partial charge in [0.2, 0.25) is 5.95 Å². The molecule has 1 atom stereocenters. The molecule has 2 aromatic rings. The molecule has 2 saturated heterocycles. The summed E-state index contributed by atoms with van der Waals surface area (Å²) in [4.78, 5) is 36.6. The number of ether oxygens (including phenoxy) is 1. The van der Waals surface area contributed by atoms with Crippen LogP contribution in [0.5, 0.6) is 0 Å². The molecule has 0 bridgehead atoms. The number of likely N-dealkylation sites (N-methyl/N-ethyl adjacent to an activating group) is 1. The Balaban J connectivity index is 1.70. The van der Waals surface area contributed by atoms with Crippen LogP contribution < -0.4 is 16.1 Å². The SMILES string of the molecule is CN1CCN(C[C@@H](O)Cn2c(N3CCOCC3)nc3c2c(=O)n(C)c(=O)n3C)CC1. The molecule has 2 aromatic heterocycles. The highest BCUT2D eigenvalue weighted by Crippen LogP contribution is 2.21. The highest BCUT2D eigenvalue weighted by Gasteiger charge is 2.26. The van der Waals surface area contributed by atoms with Crippen molar-refractivity contribution in [3.63, 3.8) is 0 Å². The molecule has 2 aliphatic rings. The molecule has 166 valence electrons. The van der Waals surface area contributed by atoms with Gasteiger partial charge in [0.15, 0.2) is 11.2 Å². The van der Waals surface area contributed by atoms with Gasteiger partial charge in [-0.2, -0.15) is 4.98 Å². The second kappa shape index (κ2) is 8.50. The first-order valence-electron chi connectivity index (χ1n) is 10.4. The van der Waals surface area contributed by atoms with Crippen molar-refractivity contribution in [3.8, 4) is 0 Å². The standard InChI is InChI=1S/C19H31N7O4/c1-21-4-6-24(7-5-21)12-14(27)13-26-15-16(22(2)19(29)23(3)17(15)28)20-18(26)25-8-10-30-11-9-25/h14,27H,4-13H2,1-3H3/t14-/m1/s1. The van der Waals surface area contributed by atoms with Crippen molar-refractivity contribution < 1.29 is 9.84 Å². The van der Waals surface area contributed by atoms with Gasteiger partial charge in [-0.3, -0.25) is 18.8 Å². The Labute approximate surface area is 174 Å². The molecular formula is C19H31N7O4. The van der Waals surface area contributed by atoms with Gasteiger partial charge in [-0.15, -0.1) is 0 Å². The minimum Gasteiger partial charge on any atom is -0.390 e. The fraction of sp³-hybridized carbons (Fsp3) is 0.737. The minimum atomic E-state index is -0.660. The molecule has 0 unspecified atom stereocenters. The van der Waals surface area contributed by atoms with Crippen LogP contribution in [0, 0.1) is 0 Å². The average molecular weight is 422 g/mol. The normalized spacial score (nSPS) is 20.2. The number of morpholine rings is 1. The highest BCUT2D eigenvalue weighted by atomic mass is 16.5. The van der Waals surface area contributed by atoms with Crippen LogP contribution in [0.1, 0.15) is 0 Å². The van der Waals surface area contributed by atoms with Crippen LogP contribution in [0.3, 0.4) is 0 Å². The largest absolute Gasteiger partial charge is 0.390 e. The smallest absolute Gasteiger partial charge is 0.332 e. The number of fused-ring (bicyclic) bond motifs is 1. The van der Waals surface area contributed by atoms with E-state index < -0.39 is 17.4 Å². The zero-order valence-electron chi connectivity index (χ0n) is 18.0. The summed E-state index contributed by atoms with van der Waals surface area (Å²) in [5.41, 5.74) is -0.120. The molecule has 1 N–H and O–H groups in total. The maximum atomic E-state index is 13.0. The molecule has 2 aliphatic heterocycles. The number of aliphatic hydroxyl groups excluding tert-OH is 1. The Morgan fingerprint density at radius 1 is 0.967 bits per heavy atom. The van der Waals surface area contributed by atoms with Crippen molar-refractivity contribution in [2.75, 3.05) is 71.0 Å². The van der Waals surface area contributed by atoms with E-state index in [1.807, 2.05) is 0 Å². The molecule has 0 aliphatic carbocycles. The number of aryl methyl sites for hydroxylation is 1. The van der Waals surface area contributed by atoms with Gasteiger partial charge in [-0.25, -0.2) is 4.79 Å². The number of rotatable bonds is 5. The third kappa shape index (κ3) is 3.89. The lowest BCUT2D eigenvalue weighted by Crippen LogP contribution is -2.47. The van der Waals surface area contributed by atoms with Crippen molar-refractivity contribution in [3.05, 3.63) is 20.8 Å². The van der Waals surface area contributed by atoms with Gasteiger partial charge in [0, 0.05) is 59.9 Å². The topological polar surface area (TPSA) is 101 Å². The molecule has 0 saturated carbocycles. The van der Waals surface area contributed by atoms with E-state index in [9.17, 15) is 14.7 Å². The number of aromatic nitrogens is 4. The summed E-state index contributed by atoms with van der Waals surface area (Å²) >= 11 is 0. The second-order valence-corrected chi connectivity index (χ2v) is 8.26. The Kier molecular flexibility index (Phi) is 5.96. The first-order valence-corrected chi connectivity index (χ1v) is 10.4. The van der Waals surface area contributed by atoms with E-state index in [0.29, 0.717) is 50.0 Å². The third-order valence-corrected chi connectivity index (χ3v) is 6.08. The van der Waals surface area contributed by atoms with E-state index in [4.69, 9.17) is 4.74 Å². The van der Waals surface area contributed by atoms with Gasteiger partial charge in [0.05, 0.1) is 25.9 Å². The maximum Gasteiger partial charge on any atom is 0.332 e. The van der Waals surface area contributed by atoms with E-state index in [1.165, 1.54) is 11.6 Å².